The SMILES string of the molecule is CC1CN(C)CCN1CCOc1cccc(C(=O)NN)c1. The van der Waals surface area contributed by atoms with E-state index in [1.54, 1.807) is 18.2 Å². The zero-order chi connectivity index (χ0) is 15.2. The number of carbonyl (C=O) groups excluding carboxylic acids is 1. The van der Waals surface area contributed by atoms with E-state index in [1.165, 1.54) is 0 Å². The highest BCUT2D eigenvalue weighted by Gasteiger charge is 2.20. The molecule has 1 aromatic rings. The number of nitrogens with zero attached hydrogens (tertiary/aromatic N) is 2. The third-order valence-electron chi connectivity index (χ3n) is 3.84. The molecule has 21 heavy (non-hydrogen) atoms. The molecule has 0 aromatic heterocycles. The lowest BCUT2D eigenvalue weighted by molar-refractivity contribution is 0.0857. The number of nitrogens with one attached hydrogen (secondary N) is 1. The number of piperazine rings is 1. The predicted octanol–water partition coefficient (Wildman–Crippen LogP) is 0.305. The van der Waals surface area contributed by atoms with Crippen LogP contribution in [0.15, 0.2) is 24.3 Å². The molecule has 1 saturated heterocycles. The Kier molecular flexibility index (Phi) is 5.55. The Morgan fingerprint density at radius 1 is 1.48 bits per heavy atom. The summed E-state index contributed by atoms with van der Waals surface area (Å²) in [5, 5.41) is 0. The molecule has 6 heteroatoms. The summed E-state index contributed by atoms with van der Waals surface area (Å²) in [6.45, 7) is 6.99. The zero-order valence-corrected chi connectivity index (χ0v) is 12.7. The quantitative estimate of drug-likeness (QED) is 0.464. The molecule has 1 amide bonds. The Bertz CT molecular complexity index is 480. The van der Waals surface area contributed by atoms with Crippen molar-refractivity contribution in [3.05, 3.63) is 29.8 Å². The fraction of sp³-hybridized carbons (Fsp3) is 0.533. The lowest BCUT2D eigenvalue weighted by atomic mass is 10.2. The summed E-state index contributed by atoms with van der Waals surface area (Å²) in [7, 11) is 2.15. The van der Waals surface area contributed by atoms with E-state index in [4.69, 9.17) is 10.6 Å². The number of hydrazine groups is 1. The molecule has 1 heterocycles. The van der Waals surface area contributed by atoms with Crippen LogP contribution in [-0.2, 0) is 0 Å². The van der Waals surface area contributed by atoms with Crippen LogP contribution < -0.4 is 16.0 Å². The molecule has 1 aliphatic rings. The van der Waals surface area contributed by atoms with Gasteiger partial charge in [-0.3, -0.25) is 15.1 Å². The van der Waals surface area contributed by atoms with Crippen LogP contribution in [0.4, 0.5) is 0 Å². The van der Waals surface area contributed by atoms with Crippen LogP contribution in [0.1, 0.15) is 17.3 Å². The van der Waals surface area contributed by atoms with Crippen molar-refractivity contribution < 1.29 is 9.53 Å². The third-order valence-corrected chi connectivity index (χ3v) is 3.84. The molecular formula is C15H24N4O2. The monoisotopic (exact) mass is 292 g/mol. The van der Waals surface area contributed by atoms with E-state index in [0.717, 1.165) is 26.2 Å². The van der Waals surface area contributed by atoms with Crippen LogP contribution >= 0.6 is 0 Å². The molecule has 1 fully saturated rings. The number of carbonyl (C=O) groups is 1. The summed E-state index contributed by atoms with van der Waals surface area (Å²) in [4.78, 5) is 16.2. The van der Waals surface area contributed by atoms with Gasteiger partial charge >= 0.3 is 0 Å². The van der Waals surface area contributed by atoms with E-state index in [0.29, 0.717) is 24.0 Å². The zero-order valence-electron chi connectivity index (χ0n) is 12.7. The van der Waals surface area contributed by atoms with Gasteiger partial charge < -0.3 is 9.64 Å². The Labute approximate surface area is 125 Å². The van der Waals surface area contributed by atoms with Crippen molar-refractivity contribution in [1.82, 2.24) is 15.2 Å². The minimum Gasteiger partial charge on any atom is -0.492 e. The number of amides is 1. The van der Waals surface area contributed by atoms with E-state index in [-0.39, 0.29) is 5.91 Å². The van der Waals surface area contributed by atoms with Gasteiger partial charge in [-0.2, -0.15) is 0 Å². The van der Waals surface area contributed by atoms with Gasteiger partial charge in [-0.25, -0.2) is 5.84 Å². The van der Waals surface area contributed by atoms with Crippen LogP contribution in [0.2, 0.25) is 0 Å². The second-order valence-electron chi connectivity index (χ2n) is 5.50. The van der Waals surface area contributed by atoms with Gasteiger partial charge in [0.1, 0.15) is 12.4 Å². The first kappa shape index (κ1) is 15.8. The molecule has 6 nitrogen and oxygen atoms in total. The van der Waals surface area contributed by atoms with Crippen molar-refractivity contribution in [2.45, 2.75) is 13.0 Å². The molecule has 1 aromatic carbocycles. The summed E-state index contributed by atoms with van der Waals surface area (Å²) < 4.78 is 5.74. The first-order valence-corrected chi connectivity index (χ1v) is 7.26. The number of nitrogens with two attached hydrogens (primary N) is 1. The summed E-state index contributed by atoms with van der Waals surface area (Å²) in [6, 6.07) is 7.59. The minimum atomic E-state index is -0.312. The van der Waals surface area contributed by atoms with Crippen LogP contribution in [0.5, 0.6) is 5.75 Å². The number of likely N-dealkylation sites (N-methyl/N-ethyl adjacent to an activating group) is 1. The molecular weight excluding hydrogens is 268 g/mol. The van der Waals surface area contributed by atoms with Crippen molar-refractivity contribution >= 4 is 5.91 Å². The summed E-state index contributed by atoms with van der Waals surface area (Å²) in [6.07, 6.45) is 0. The highest BCUT2D eigenvalue weighted by molar-refractivity contribution is 5.94. The van der Waals surface area contributed by atoms with E-state index in [1.807, 2.05) is 6.07 Å². The largest absolute Gasteiger partial charge is 0.492 e. The maximum absolute atomic E-state index is 11.5. The fourth-order valence-electron chi connectivity index (χ4n) is 2.60. The molecule has 1 atom stereocenters. The molecule has 1 unspecified atom stereocenters. The summed E-state index contributed by atoms with van der Waals surface area (Å²) in [5.41, 5.74) is 2.62. The second kappa shape index (κ2) is 7.40. The molecule has 2 rings (SSSR count). The average Bonchev–Trinajstić information content (AvgIpc) is 2.49. The highest BCUT2D eigenvalue weighted by Crippen LogP contribution is 2.14. The molecule has 3 N–H and O–H groups in total. The van der Waals surface area contributed by atoms with E-state index >= 15 is 0 Å². The number of rotatable bonds is 5. The van der Waals surface area contributed by atoms with E-state index in [9.17, 15) is 4.79 Å². The summed E-state index contributed by atoms with van der Waals surface area (Å²) in [5.74, 6) is 5.51. The minimum absolute atomic E-state index is 0.312. The Hall–Kier alpha value is -1.63. The number of hydrogen-bond donors (Lipinski definition) is 2. The van der Waals surface area contributed by atoms with Crippen molar-refractivity contribution in [2.24, 2.45) is 5.84 Å². The van der Waals surface area contributed by atoms with Gasteiger partial charge in [0.2, 0.25) is 0 Å². The maximum Gasteiger partial charge on any atom is 0.265 e. The predicted molar refractivity (Wildman–Crippen MR) is 82.1 cm³/mol. The van der Waals surface area contributed by atoms with E-state index in [2.05, 4.69) is 29.2 Å². The van der Waals surface area contributed by atoms with Gasteiger partial charge in [0.15, 0.2) is 0 Å². The first-order valence-electron chi connectivity index (χ1n) is 7.26. The van der Waals surface area contributed by atoms with Crippen LogP contribution in [0, 0.1) is 0 Å². The third kappa shape index (κ3) is 4.42. The second-order valence-corrected chi connectivity index (χ2v) is 5.50. The van der Waals surface area contributed by atoms with Crippen molar-refractivity contribution in [3.63, 3.8) is 0 Å². The van der Waals surface area contributed by atoms with Crippen LogP contribution in [-0.4, -0.2) is 61.6 Å². The first-order chi connectivity index (χ1) is 10.1. The van der Waals surface area contributed by atoms with Gasteiger partial charge in [-0.15, -0.1) is 0 Å². The van der Waals surface area contributed by atoms with Gasteiger partial charge in [-0.05, 0) is 32.2 Å². The normalized spacial score (nSPS) is 20.2. The van der Waals surface area contributed by atoms with Crippen molar-refractivity contribution in [2.75, 3.05) is 39.8 Å². The maximum atomic E-state index is 11.5. The van der Waals surface area contributed by atoms with Crippen LogP contribution in [0.25, 0.3) is 0 Å². The molecule has 1 aliphatic heterocycles. The van der Waals surface area contributed by atoms with Gasteiger partial charge in [0.25, 0.3) is 5.91 Å². The van der Waals surface area contributed by atoms with Crippen molar-refractivity contribution in [1.29, 1.82) is 0 Å². The molecule has 0 saturated carbocycles. The van der Waals surface area contributed by atoms with Gasteiger partial charge in [0.05, 0.1) is 0 Å². The molecule has 116 valence electrons. The summed E-state index contributed by atoms with van der Waals surface area (Å²) >= 11 is 0. The lowest BCUT2D eigenvalue weighted by Gasteiger charge is -2.38. The lowest BCUT2D eigenvalue weighted by Crippen LogP contribution is -2.51. The average molecular weight is 292 g/mol. The smallest absolute Gasteiger partial charge is 0.265 e. The molecule has 0 aliphatic carbocycles. The molecule has 0 radical (unpaired) electrons. The highest BCUT2D eigenvalue weighted by atomic mass is 16.5. The molecule has 0 bridgehead atoms. The Morgan fingerprint density at radius 3 is 3.00 bits per heavy atom. The van der Waals surface area contributed by atoms with Crippen LogP contribution in [0.3, 0.4) is 0 Å². The Morgan fingerprint density at radius 2 is 2.29 bits per heavy atom. The van der Waals surface area contributed by atoms with Gasteiger partial charge in [-0.1, -0.05) is 6.07 Å². The van der Waals surface area contributed by atoms with Gasteiger partial charge in [0, 0.05) is 37.8 Å². The van der Waals surface area contributed by atoms with Crippen molar-refractivity contribution in [3.8, 4) is 5.75 Å². The number of ether oxygens (including phenoxy) is 1. The fourth-order valence-corrected chi connectivity index (χ4v) is 2.60. The van der Waals surface area contributed by atoms with E-state index < -0.39 is 0 Å². The number of nitrogen functional groups attached to an aromatic ring is 1. The number of benzene rings is 1. The Balaban J connectivity index is 1.82. The topological polar surface area (TPSA) is 70.8 Å². The standard InChI is InChI=1S/C15H24N4O2/c1-12-11-18(2)6-7-19(12)8-9-21-14-5-3-4-13(10-14)15(20)17-16/h3-5,10,12H,6-9,11,16H2,1-2H3,(H,17,20). The molecule has 0 spiro atoms. The number of hydrogen-bond acceptors (Lipinski definition) is 5.